The van der Waals surface area contributed by atoms with Crippen molar-refractivity contribution in [3.63, 3.8) is 0 Å². The molecule has 1 unspecified atom stereocenters. The van der Waals surface area contributed by atoms with Crippen LogP contribution in [0.2, 0.25) is 5.02 Å². The third-order valence-corrected chi connectivity index (χ3v) is 5.81. The fraction of sp³-hybridized carbons (Fsp3) is 0.333. The predicted molar refractivity (Wildman–Crippen MR) is 117 cm³/mol. The molecule has 3 rings (SSSR count). The van der Waals surface area contributed by atoms with Gasteiger partial charge in [-0.15, -0.1) is 0 Å². The van der Waals surface area contributed by atoms with E-state index in [1.54, 1.807) is 50.2 Å². The van der Waals surface area contributed by atoms with E-state index in [0.717, 1.165) is 17.7 Å². The summed E-state index contributed by atoms with van der Waals surface area (Å²) in [7, 11) is 0. The van der Waals surface area contributed by atoms with Crippen LogP contribution in [0.15, 0.2) is 47.5 Å². The van der Waals surface area contributed by atoms with Crippen LogP contribution < -0.4 is 15.8 Å². The van der Waals surface area contributed by atoms with Gasteiger partial charge in [0, 0.05) is 10.8 Å². The molecule has 1 aliphatic heterocycles. The summed E-state index contributed by atoms with van der Waals surface area (Å²) < 4.78 is 20.2. The zero-order valence-corrected chi connectivity index (χ0v) is 18.0. The molecule has 3 N–H and O–H groups in total. The number of amidine groups is 1. The van der Waals surface area contributed by atoms with Crippen molar-refractivity contribution in [1.29, 1.82) is 0 Å². The summed E-state index contributed by atoms with van der Waals surface area (Å²) in [6, 6.07) is 11.3. The molecule has 1 amide bonds. The number of carbonyl (C=O) groups is 1. The second-order valence-corrected chi connectivity index (χ2v) is 9.09. The highest BCUT2D eigenvalue weighted by Crippen LogP contribution is 2.36. The number of hydrogen-bond acceptors (Lipinski definition) is 5. The van der Waals surface area contributed by atoms with E-state index in [-0.39, 0.29) is 5.69 Å². The number of aliphatic imine (C=N–C) groups is 1. The highest BCUT2D eigenvalue weighted by atomic mass is 35.5. The predicted octanol–water partition coefficient (Wildman–Crippen LogP) is 4.94. The van der Waals surface area contributed by atoms with Crippen LogP contribution in [0.4, 0.5) is 10.1 Å². The van der Waals surface area contributed by atoms with Crippen LogP contribution in [-0.2, 0) is 10.3 Å². The molecule has 5 nitrogen and oxygen atoms in total. The quantitative estimate of drug-likeness (QED) is 0.697. The molecule has 0 radical (unpaired) electrons. The molecule has 29 heavy (non-hydrogen) atoms. The Morgan fingerprint density at radius 2 is 2.00 bits per heavy atom. The second-order valence-electron chi connectivity index (χ2n) is 7.54. The molecule has 0 bridgehead atoms. The lowest BCUT2D eigenvalue weighted by molar-refractivity contribution is -0.128. The molecule has 2 aromatic rings. The highest BCUT2D eigenvalue weighted by Gasteiger charge is 2.33. The topological polar surface area (TPSA) is 76.7 Å². The van der Waals surface area contributed by atoms with E-state index in [0.29, 0.717) is 15.9 Å². The number of amides is 1. The monoisotopic (exact) mass is 435 g/mol. The standard InChI is InChI=1S/C21H23ClFN3O2S/c1-20(2,28-15-7-5-14(22)6-8-15)18(27)25-17-12-13(4-9-16(17)23)21(3)10-11-29-19(24)26-21/h4-9,12H,10-11H2,1-3H3,(H2,24,26)(H,25,27). The van der Waals surface area contributed by atoms with Gasteiger partial charge in [0.2, 0.25) is 0 Å². The van der Waals surface area contributed by atoms with Crippen molar-refractivity contribution in [2.24, 2.45) is 10.7 Å². The molecule has 1 heterocycles. The first-order valence-corrected chi connectivity index (χ1v) is 10.5. The summed E-state index contributed by atoms with van der Waals surface area (Å²) >= 11 is 7.37. The van der Waals surface area contributed by atoms with Crippen molar-refractivity contribution >= 4 is 40.1 Å². The van der Waals surface area contributed by atoms with Gasteiger partial charge in [0.15, 0.2) is 10.8 Å². The Balaban J connectivity index is 1.81. The average Bonchev–Trinajstić information content (AvgIpc) is 2.65. The third kappa shape index (κ3) is 5.03. The fourth-order valence-corrected chi connectivity index (χ4v) is 4.07. The van der Waals surface area contributed by atoms with Crippen LogP contribution >= 0.6 is 23.4 Å². The Bertz CT molecular complexity index is 949. The number of nitrogens with one attached hydrogen (secondary N) is 1. The molecular weight excluding hydrogens is 413 g/mol. The van der Waals surface area contributed by atoms with Gasteiger partial charge in [-0.2, -0.15) is 0 Å². The van der Waals surface area contributed by atoms with Crippen molar-refractivity contribution in [3.05, 3.63) is 58.9 Å². The van der Waals surface area contributed by atoms with Gasteiger partial charge in [-0.3, -0.25) is 9.79 Å². The summed E-state index contributed by atoms with van der Waals surface area (Å²) in [4.78, 5) is 17.3. The van der Waals surface area contributed by atoms with Gasteiger partial charge in [-0.1, -0.05) is 29.4 Å². The molecule has 0 aliphatic carbocycles. The Hall–Kier alpha value is -2.25. The third-order valence-electron chi connectivity index (χ3n) is 4.77. The number of carbonyl (C=O) groups excluding carboxylic acids is 1. The molecule has 1 aliphatic rings. The smallest absolute Gasteiger partial charge is 0.268 e. The molecule has 0 aromatic heterocycles. The number of hydrogen-bond donors (Lipinski definition) is 2. The second kappa shape index (κ2) is 8.24. The molecule has 0 saturated carbocycles. The first-order chi connectivity index (χ1) is 13.6. The van der Waals surface area contributed by atoms with Crippen LogP contribution in [0.25, 0.3) is 0 Å². The minimum absolute atomic E-state index is 0.0773. The number of thioether (sulfide) groups is 1. The van der Waals surface area contributed by atoms with Gasteiger partial charge >= 0.3 is 0 Å². The fourth-order valence-electron chi connectivity index (χ4n) is 2.97. The van der Waals surface area contributed by atoms with E-state index in [2.05, 4.69) is 10.3 Å². The lowest BCUT2D eigenvalue weighted by Gasteiger charge is -2.30. The molecule has 1 atom stereocenters. The number of rotatable bonds is 5. The van der Waals surface area contributed by atoms with E-state index in [1.807, 2.05) is 6.92 Å². The Kier molecular flexibility index (Phi) is 6.10. The van der Waals surface area contributed by atoms with Crippen LogP contribution in [0, 0.1) is 5.82 Å². The normalized spacial score (nSPS) is 19.4. The number of nitrogens with two attached hydrogens (primary N) is 1. The largest absolute Gasteiger partial charge is 0.478 e. The summed E-state index contributed by atoms with van der Waals surface area (Å²) in [5, 5.41) is 3.71. The van der Waals surface area contributed by atoms with E-state index in [4.69, 9.17) is 22.1 Å². The number of nitrogens with zero attached hydrogens (tertiary/aromatic N) is 1. The SMILES string of the molecule is CC(C)(Oc1ccc(Cl)cc1)C(=O)Nc1cc(C2(C)CCSC(N)=N2)ccc1F. The van der Waals surface area contributed by atoms with Crippen molar-refractivity contribution in [2.45, 2.75) is 38.3 Å². The molecule has 8 heteroatoms. The Labute approximate surface area is 178 Å². The van der Waals surface area contributed by atoms with Gasteiger partial charge < -0.3 is 15.8 Å². The molecule has 2 aromatic carbocycles. The summed E-state index contributed by atoms with van der Waals surface area (Å²) in [6.45, 7) is 5.18. The molecule has 154 valence electrons. The summed E-state index contributed by atoms with van der Waals surface area (Å²) in [5.74, 6) is 0.305. The maximum absolute atomic E-state index is 14.4. The lowest BCUT2D eigenvalue weighted by Crippen LogP contribution is -2.42. The zero-order chi connectivity index (χ0) is 21.2. The van der Waals surface area contributed by atoms with Gasteiger partial charge in [0.05, 0.1) is 11.2 Å². The molecule has 0 fully saturated rings. The highest BCUT2D eigenvalue weighted by molar-refractivity contribution is 8.13. The Morgan fingerprint density at radius 3 is 2.66 bits per heavy atom. The van der Waals surface area contributed by atoms with Crippen LogP contribution in [-0.4, -0.2) is 22.4 Å². The van der Waals surface area contributed by atoms with Crippen molar-refractivity contribution < 1.29 is 13.9 Å². The maximum Gasteiger partial charge on any atom is 0.268 e. The van der Waals surface area contributed by atoms with Crippen molar-refractivity contribution in [1.82, 2.24) is 0 Å². The van der Waals surface area contributed by atoms with E-state index >= 15 is 0 Å². The minimum atomic E-state index is -1.23. The molecular formula is C21H23ClFN3O2S. The number of benzene rings is 2. The van der Waals surface area contributed by atoms with Gasteiger partial charge in [0.1, 0.15) is 11.6 Å². The van der Waals surface area contributed by atoms with Crippen LogP contribution in [0.5, 0.6) is 5.75 Å². The Morgan fingerprint density at radius 1 is 1.31 bits per heavy atom. The molecule has 0 spiro atoms. The lowest BCUT2D eigenvalue weighted by atomic mass is 9.89. The van der Waals surface area contributed by atoms with Crippen molar-refractivity contribution in [3.8, 4) is 5.75 Å². The van der Waals surface area contributed by atoms with E-state index in [1.165, 1.54) is 17.8 Å². The summed E-state index contributed by atoms with van der Waals surface area (Å²) in [6.07, 6.45) is 0.766. The first-order valence-electron chi connectivity index (χ1n) is 9.13. The molecule has 0 saturated heterocycles. The van der Waals surface area contributed by atoms with Crippen LogP contribution in [0.1, 0.15) is 32.8 Å². The number of anilines is 1. The van der Waals surface area contributed by atoms with E-state index in [9.17, 15) is 9.18 Å². The van der Waals surface area contributed by atoms with Gasteiger partial charge in [0.25, 0.3) is 5.91 Å². The summed E-state index contributed by atoms with van der Waals surface area (Å²) in [5.41, 5.74) is 4.95. The van der Waals surface area contributed by atoms with Crippen molar-refractivity contribution in [2.75, 3.05) is 11.1 Å². The van der Waals surface area contributed by atoms with Gasteiger partial charge in [-0.05, 0) is 69.2 Å². The van der Waals surface area contributed by atoms with Crippen LogP contribution in [0.3, 0.4) is 0 Å². The average molecular weight is 436 g/mol. The minimum Gasteiger partial charge on any atom is -0.478 e. The van der Waals surface area contributed by atoms with E-state index < -0.39 is 22.9 Å². The zero-order valence-electron chi connectivity index (χ0n) is 16.5. The first kappa shape index (κ1) is 21.5. The number of ether oxygens (including phenoxy) is 1. The number of halogens is 2. The van der Waals surface area contributed by atoms with Gasteiger partial charge in [-0.25, -0.2) is 4.39 Å². The maximum atomic E-state index is 14.4.